The van der Waals surface area contributed by atoms with E-state index in [2.05, 4.69) is 25.1 Å². The first-order chi connectivity index (χ1) is 13.1. The van der Waals surface area contributed by atoms with E-state index in [4.69, 9.17) is 16.3 Å². The van der Waals surface area contributed by atoms with Gasteiger partial charge in [0.25, 0.3) is 5.91 Å². The van der Waals surface area contributed by atoms with Gasteiger partial charge in [0.05, 0.1) is 5.02 Å². The fourth-order valence-corrected chi connectivity index (χ4v) is 2.92. The largest absolute Gasteiger partial charge is 0.484 e. The molecule has 3 rings (SSSR count). The molecule has 0 bridgehead atoms. The van der Waals surface area contributed by atoms with E-state index in [1.165, 1.54) is 18.2 Å². The summed E-state index contributed by atoms with van der Waals surface area (Å²) in [6.45, 7) is 4.64. The summed E-state index contributed by atoms with van der Waals surface area (Å²) in [5, 5.41) is 2.78. The number of amides is 1. The minimum atomic E-state index is -0.521. The summed E-state index contributed by atoms with van der Waals surface area (Å²) in [5.41, 5.74) is 0. The molecule has 2 aromatic rings. The van der Waals surface area contributed by atoms with Crippen molar-refractivity contribution in [3.8, 4) is 5.75 Å². The van der Waals surface area contributed by atoms with Crippen LogP contribution in [0.15, 0.2) is 36.7 Å². The van der Waals surface area contributed by atoms with Crippen molar-refractivity contribution in [2.75, 3.05) is 50.8 Å². The molecule has 1 aromatic heterocycles. The first-order valence-corrected chi connectivity index (χ1v) is 9.08. The SMILES string of the molecule is O=C(COc1ccc(F)c(Cl)c1)NCCN1CCN(c2ncccn2)CC1. The van der Waals surface area contributed by atoms with Crippen molar-refractivity contribution < 1.29 is 13.9 Å². The average Bonchev–Trinajstić information content (AvgIpc) is 2.70. The second-order valence-corrected chi connectivity index (χ2v) is 6.50. The lowest BCUT2D eigenvalue weighted by atomic mass is 10.3. The van der Waals surface area contributed by atoms with E-state index in [1.54, 1.807) is 18.5 Å². The van der Waals surface area contributed by atoms with Crippen LogP contribution in [0.1, 0.15) is 0 Å². The van der Waals surface area contributed by atoms with Gasteiger partial charge < -0.3 is 15.0 Å². The lowest BCUT2D eigenvalue weighted by molar-refractivity contribution is -0.123. The molecule has 1 amide bonds. The van der Waals surface area contributed by atoms with Gasteiger partial charge in [-0.1, -0.05) is 11.6 Å². The Bertz CT molecular complexity index is 757. The molecule has 144 valence electrons. The molecule has 1 saturated heterocycles. The van der Waals surface area contributed by atoms with Crippen LogP contribution in [-0.2, 0) is 4.79 Å². The quantitative estimate of drug-likeness (QED) is 0.770. The number of hydrogen-bond acceptors (Lipinski definition) is 6. The number of halogens is 2. The van der Waals surface area contributed by atoms with Gasteiger partial charge in [0, 0.05) is 57.7 Å². The van der Waals surface area contributed by atoms with Crippen LogP contribution in [0.3, 0.4) is 0 Å². The van der Waals surface area contributed by atoms with Gasteiger partial charge in [-0.25, -0.2) is 14.4 Å². The predicted octanol–water partition coefficient (Wildman–Crippen LogP) is 1.59. The molecule has 1 aliphatic heterocycles. The highest BCUT2D eigenvalue weighted by molar-refractivity contribution is 6.30. The third kappa shape index (κ3) is 5.77. The first kappa shape index (κ1) is 19.3. The Morgan fingerprint density at radius 1 is 1.22 bits per heavy atom. The second kappa shape index (κ2) is 9.48. The molecule has 0 unspecified atom stereocenters. The number of anilines is 1. The topological polar surface area (TPSA) is 70.6 Å². The van der Waals surface area contributed by atoms with E-state index in [0.29, 0.717) is 12.3 Å². The van der Waals surface area contributed by atoms with Crippen molar-refractivity contribution >= 4 is 23.5 Å². The Labute approximate surface area is 162 Å². The molecule has 1 N–H and O–H groups in total. The zero-order chi connectivity index (χ0) is 19.1. The second-order valence-electron chi connectivity index (χ2n) is 6.09. The summed E-state index contributed by atoms with van der Waals surface area (Å²) >= 11 is 5.68. The summed E-state index contributed by atoms with van der Waals surface area (Å²) in [5.74, 6) is 0.360. The van der Waals surface area contributed by atoms with Crippen LogP contribution in [0, 0.1) is 5.82 Å². The van der Waals surface area contributed by atoms with Crippen LogP contribution in [0.2, 0.25) is 5.02 Å². The smallest absolute Gasteiger partial charge is 0.257 e. The summed E-state index contributed by atoms with van der Waals surface area (Å²) < 4.78 is 18.4. The zero-order valence-electron chi connectivity index (χ0n) is 14.8. The Balaban J connectivity index is 1.32. The summed E-state index contributed by atoms with van der Waals surface area (Å²) in [7, 11) is 0. The minimum Gasteiger partial charge on any atom is -0.484 e. The van der Waals surface area contributed by atoms with E-state index in [9.17, 15) is 9.18 Å². The lowest BCUT2D eigenvalue weighted by Gasteiger charge is -2.34. The standard InChI is InChI=1S/C18H21ClFN5O2/c19-15-12-14(2-3-16(15)20)27-13-17(26)21-6-7-24-8-10-25(11-9-24)18-22-4-1-5-23-18/h1-5,12H,6-11,13H2,(H,21,26). The number of carbonyl (C=O) groups is 1. The third-order valence-corrected chi connectivity index (χ3v) is 4.51. The Morgan fingerprint density at radius 3 is 2.67 bits per heavy atom. The number of carbonyl (C=O) groups excluding carboxylic acids is 1. The normalized spacial score (nSPS) is 14.8. The zero-order valence-corrected chi connectivity index (χ0v) is 15.5. The maximum atomic E-state index is 13.1. The van der Waals surface area contributed by atoms with Crippen molar-refractivity contribution in [2.45, 2.75) is 0 Å². The van der Waals surface area contributed by atoms with Gasteiger partial charge >= 0.3 is 0 Å². The van der Waals surface area contributed by atoms with Gasteiger partial charge in [-0.15, -0.1) is 0 Å². The van der Waals surface area contributed by atoms with E-state index in [-0.39, 0.29) is 17.5 Å². The number of benzene rings is 1. The Kier molecular flexibility index (Phi) is 6.78. The van der Waals surface area contributed by atoms with Gasteiger partial charge in [-0.3, -0.25) is 9.69 Å². The van der Waals surface area contributed by atoms with Gasteiger partial charge in [-0.05, 0) is 18.2 Å². The molecule has 1 aliphatic rings. The van der Waals surface area contributed by atoms with E-state index in [0.717, 1.165) is 38.7 Å². The molecule has 0 radical (unpaired) electrons. The van der Waals surface area contributed by atoms with Crippen LogP contribution >= 0.6 is 11.6 Å². The Morgan fingerprint density at radius 2 is 1.96 bits per heavy atom. The fourth-order valence-electron chi connectivity index (χ4n) is 2.75. The van der Waals surface area contributed by atoms with E-state index >= 15 is 0 Å². The number of nitrogens with zero attached hydrogens (tertiary/aromatic N) is 4. The Hall–Kier alpha value is -2.45. The van der Waals surface area contributed by atoms with E-state index < -0.39 is 5.82 Å². The molecule has 0 atom stereocenters. The van der Waals surface area contributed by atoms with Crippen molar-refractivity contribution in [3.05, 3.63) is 47.5 Å². The van der Waals surface area contributed by atoms with Crippen molar-refractivity contribution in [2.24, 2.45) is 0 Å². The lowest BCUT2D eigenvalue weighted by Crippen LogP contribution is -2.49. The average molecular weight is 394 g/mol. The van der Waals surface area contributed by atoms with Crippen LogP contribution < -0.4 is 15.0 Å². The molecule has 27 heavy (non-hydrogen) atoms. The van der Waals surface area contributed by atoms with Crippen LogP contribution in [0.4, 0.5) is 10.3 Å². The van der Waals surface area contributed by atoms with Gasteiger partial charge in [-0.2, -0.15) is 0 Å². The predicted molar refractivity (Wildman–Crippen MR) is 101 cm³/mol. The number of rotatable bonds is 7. The number of hydrogen-bond donors (Lipinski definition) is 1. The molecular formula is C18H21ClFN5O2. The minimum absolute atomic E-state index is 0.0343. The molecule has 0 spiro atoms. The van der Waals surface area contributed by atoms with Crippen molar-refractivity contribution in [1.82, 2.24) is 20.2 Å². The maximum Gasteiger partial charge on any atom is 0.257 e. The van der Waals surface area contributed by atoms with Crippen LogP contribution in [-0.4, -0.2) is 66.7 Å². The van der Waals surface area contributed by atoms with E-state index in [1.807, 2.05) is 0 Å². The highest BCUT2D eigenvalue weighted by atomic mass is 35.5. The number of ether oxygens (including phenoxy) is 1. The van der Waals surface area contributed by atoms with Crippen molar-refractivity contribution in [3.63, 3.8) is 0 Å². The fraction of sp³-hybridized carbons (Fsp3) is 0.389. The van der Waals surface area contributed by atoms with Gasteiger partial charge in [0.1, 0.15) is 11.6 Å². The third-order valence-electron chi connectivity index (χ3n) is 4.22. The number of nitrogens with one attached hydrogen (secondary N) is 1. The molecule has 2 heterocycles. The van der Waals surface area contributed by atoms with Gasteiger partial charge in [0.2, 0.25) is 5.95 Å². The molecule has 0 aliphatic carbocycles. The van der Waals surface area contributed by atoms with Gasteiger partial charge in [0.15, 0.2) is 6.61 Å². The molecular weight excluding hydrogens is 373 g/mol. The summed E-state index contributed by atoms with van der Waals surface area (Å²) in [6.07, 6.45) is 3.48. The number of piperazine rings is 1. The van der Waals surface area contributed by atoms with Crippen LogP contribution in [0.25, 0.3) is 0 Å². The molecule has 9 heteroatoms. The van der Waals surface area contributed by atoms with Crippen molar-refractivity contribution in [1.29, 1.82) is 0 Å². The molecule has 1 aromatic carbocycles. The maximum absolute atomic E-state index is 13.1. The monoisotopic (exact) mass is 393 g/mol. The highest BCUT2D eigenvalue weighted by Crippen LogP contribution is 2.20. The molecule has 1 fully saturated rings. The molecule has 0 saturated carbocycles. The summed E-state index contributed by atoms with van der Waals surface area (Å²) in [6, 6.07) is 5.79. The number of aromatic nitrogens is 2. The first-order valence-electron chi connectivity index (χ1n) is 8.71. The summed E-state index contributed by atoms with van der Waals surface area (Å²) in [4.78, 5) is 24.8. The molecule has 7 nitrogen and oxygen atoms in total. The highest BCUT2D eigenvalue weighted by Gasteiger charge is 2.18. The van der Waals surface area contributed by atoms with Crippen LogP contribution in [0.5, 0.6) is 5.75 Å².